The highest BCUT2D eigenvalue weighted by atomic mass is 16.5. The summed E-state index contributed by atoms with van der Waals surface area (Å²) in [6.45, 7) is 9.54. The van der Waals surface area contributed by atoms with Gasteiger partial charge in [0.2, 0.25) is 0 Å². The maximum Gasteiger partial charge on any atom is 0.279 e. The Morgan fingerprint density at radius 1 is 1.19 bits per heavy atom. The van der Waals surface area contributed by atoms with Crippen molar-refractivity contribution in [2.75, 3.05) is 26.0 Å². The van der Waals surface area contributed by atoms with Crippen LogP contribution in [-0.2, 0) is 11.3 Å². The minimum absolute atomic E-state index is 0.0327. The molecule has 0 bridgehead atoms. The molecular weight excluding hydrogens is 324 g/mol. The van der Waals surface area contributed by atoms with Gasteiger partial charge in [-0.3, -0.25) is 4.79 Å². The molecule has 1 atom stereocenters. The number of likely N-dealkylation sites (N-methyl/N-ethyl adjacent to an activating group) is 1. The van der Waals surface area contributed by atoms with Crippen LogP contribution in [0.3, 0.4) is 0 Å². The molecule has 1 unspecified atom stereocenters. The molecule has 0 saturated heterocycles. The molecule has 0 saturated carbocycles. The van der Waals surface area contributed by atoms with E-state index in [2.05, 4.69) is 38.2 Å². The van der Waals surface area contributed by atoms with Crippen LogP contribution < -0.4 is 15.0 Å². The Morgan fingerprint density at radius 3 is 2.58 bits per heavy atom. The van der Waals surface area contributed by atoms with E-state index in [0.717, 1.165) is 34.0 Å². The Kier molecular flexibility index (Phi) is 6.81. The first-order valence-electron chi connectivity index (χ1n) is 9.16. The lowest BCUT2D eigenvalue weighted by Crippen LogP contribution is -3.08. The molecule has 2 rings (SSSR count). The van der Waals surface area contributed by atoms with Crippen molar-refractivity contribution in [1.29, 1.82) is 0 Å². The van der Waals surface area contributed by atoms with Crippen LogP contribution in [0.25, 0.3) is 0 Å². The lowest BCUT2D eigenvalue weighted by atomic mass is 9.98. The summed E-state index contributed by atoms with van der Waals surface area (Å²) in [5.74, 6) is 1.27. The third kappa shape index (κ3) is 5.09. The van der Waals surface area contributed by atoms with Gasteiger partial charge in [-0.15, -0.1) is 0 Å². The van der Waals surface area contributed by atoms with Crippen LogP contribution in [0, 0.1) is 13.8 Å². The van der Waals surface area contributed by atoms with Crippen LogP contribution in [0.5, 0.6) is 5.75 Å². The first-order valence-corrected chi connectivity index (χ1v) is 9.16. The molecule has 0 aliphatic rings. The third-order valence-corrected chi connectivity index (χ3v) is 4.58. The van der Waals surface area contributed by atoms with Crippen molar-refractivity contribution >= 4 is 11.6 Å². The molecule has 2 N–H and O–H groups in total. The van der Waals surface area contributed by atoms with Gasteiger partial charge >= 0.3 is 0 Å². The summed E-state index contributed by atoms with van der Waals surface area (Å²) in [6, 6.07) is 12.3. The Labute approximate surface area is 157 Å². The number of rotatable bonds is 7. The SMILES string of the molecule is COc1ccc(C)cc1C[NH+](C)CC(=O)Nc1c(C)cccc1C(C)C. The molecule has 140 valence electrons. The molecule has 4 nitrogen and oxygen atoms in total. The molecule has 0 fully saturated rings. The van der Waals surface area contributed by atoms with Gasteiger partial charge in [0, 0.05) is 11.3 Å². The fourth-order valence-electron chi connectivity index (χ4n) is 3.23. The van der Waals surface area contributed by atoms with Gasteiger partial charge in [-0.1, -0.05) is 43.7 Å². The van der Waals surface area contributed by atoms with Crippen molar-refractivity contribution < 1.29 is 14.4 Å². The molecular formula is C22H31N2O2+. The number of amides is 1. The maximum atomic E-state index is 12.6. The zero-order chi connectivity index (χ0) is 19.3. The number of carbonyl (C=O) groups excluding carboxylic acids is 1. The van der Waals surface area contributed by atoms with Crippen LogP contribution in [0.4, 0.5) is 5.69 Å². The quantitative estimate of drug-likeness (QED) is 0.801. The highest BCUT2D eigenvalue weighted by Gasteiger charge is 2.16. The van der Waals surface area contributed by atoms with Crippen molar-refractivity contribution in [2.45, 2.75) is 40.2 Å². The number of nitrogens with one attached hydrogen (secondary N) is 2. The van der Waals surface area contributed by atoms with E-state index in [4.69, 9.17) is 4.74 Å². The average Bonchev–Trinajstić information content (AvgIpc) is 2.56. The maximum absolute atomic E-state index is 12.6. The van der Waals surface area contributed by atoms with E-state index >= 15 is 0 Å². The first-order chi connectivity index (χ1) is 12.3. The van der Waals surface area contributed by atoms with Gasteiger partial charge in [0.15, 0.2) is 6.54 Å². The molecule has 0 aliphatic carbocycles. The van der Waals surface area contributed by atoms with E-state index in [9.17, 15) is 4.79 Å². The van der Waals surface area contributed by atoms with Gasteiger partial charge < -0.3 is 15.0 Å². The number of benzene rings is 2. The predicted molar refractivity (Wildman–Crippen MR) is 107 cm³/mol. The summed E-state index contributed by atoms with van der Waals surface area (Å²) >= 11 is 0. The monoisotopic (exact) mass is 355 g/mol. The van der Waals surface area contributed by atoms with Gasteiger partial charge in [-0.2, -0.15) is 0 Å². The smallest absolute Gasteiger partial charge is 0.279 e. The number of aryl methyl sites for hydroxylation is 2. The van der Waals surface area contributed by atoms with E-state index in [0.29, 0.717) is 12.5 Å². The Morgan fingerprint density at radius 2 is 1.92 bits per heavy atom. The molecule has 0 radical (unpaired) electrons. The topological polar surface area (TPSA) is 42.8 Å². The summed E-state index contributed by atoms with van der Waals surface area (Å²) in [4.78, 5) is 13.7. The van der Waals surface area contributed by atoms with Gasteiger partial charge in [-0.05, 0) is 43.0 Å². The molecule has 2 aromatic carbocycles. The minimum atomic E-state index is 0.0327. The standard InChI is InChI=1S/C22H30N2O2/c1-15(2)19-9-7-8-17(4)22(19)23-21(25)14-24(5)13-18-12-16(3)10-11-20(18)26-6/h7-12,15H,13-14H2,1-6H3,(H,23,25)/p+1. The molecule has 26 heavy (non-hydrogen) atoms. The number of hydrogen-bond acceptors (Lipinski definition) is 2. The van der Waals surface area contributed by atoms with Gasteiger partial charge in [0.1, 0.15) is 12.3 Å². The fourth-order valence-corrected chi connectivity index (χ4v) is 3.23. The zero-order valence-electron chi connectivity index (χ0n) is 16.8. The van der Waals surface area contributed by atoms with Crippen LogP contribution in [-0.4, -0.2) is 26.6 Å². The molecule has 2 aromatic rings. The van der Waals surface area contributed by atoms with Crippen molar-refractivity contribution in [1.82, 2.24) is 0 Å². The molecule has 0 spiro atoms. The molecule has 1 amide bonds. The molecule has 4 heteroatoms. The normalized spacial score (nSPS) is 12.1. The first kappa shape index (κ1) is 20.0. The van der Waals surface area contributed by atoms with Gasteiger partial charge in [0.25, 0.3) is 5.91 Å². The molecule has 0 heterocycles. The van der Waals surface area contributed by atoms with E-state index < -0.39 is 0 Å². The summed E-state index contributed by atoms with van der Waals surface area (Å²) in [6.07, 6.45) is 0. The van der Waals surface area contributed by atoms with Crippen LogP contribution >= 0.6 is 0 Å². The van der Waals surface area contributed by atoms with Crippen LogP contribution in [0.2, 0.25) is 0 Å². The highest BCUT2D eigenvalue weighted by molar-refractivity contribution is 5.93. The summed E-state index contributed by atoms with van der Waals surface area (Å²) in [5.41, 5.74) is 5.54. The van der Waals surface area contributed by atoms with E-state index in [1.807, 2.05) is 38.2 Å². The van der Waals surface area contributed by atoms with Crippen LogP contribution in [0.1, 0.15) is 42.0 Å². The van der Waals surface area contributed by atoms with Crippen molar-refractivity contribution in [3.05, 3.63) is 58.7 Å². The van der Waals surface area contributed by atoms with Gasteiger partial charge in [-0.25, -0.2) is 0 Å². The summed E-state index contributed by atoms with van der Waals surface area (Å²) in [5, 5.41) is 3.13. The van der Waals surface area contributed by atoms with E-state index in [1.54, 1.807) is 7.11 Å². The largest absolute Gasteiger partial charge is 0.496 e. The highest BCUT2D eigenvalue weighted by Crippen LogP contribution is 2.27. The number of methoxy groups -OCH3 is 1. The van der Waals surface area contributed by atoms with E-state index in [1.165, 1.54) is 11.1 Å². The Balaban J connectivity index is 2.06. The Hall–Kier alpha value is -2.33. The van der Waals surface area contributed by atoms with Crippen molar-refractivity contribution in [3.8, 4) is 5.75 Å². The number of anilines is 1. The lowest BCUT2D eigenvalue weighted by Gasteiger charge is -2.19. The number of hydrogen-bond donors (Lipinski definition) is 2. The van der Waals surface area contributed by atoms with Gasteiger partial charge in [0.05, 0.1) is 14.2 Å². The van der Waals surface area contributed by atoms with Crippen molar-refractivity contribution in [2.24, 2.45) is 0 Å². The molecule has 0 aromatic heterocycles. The second kappa shape index (κ2) is 8.86. The second-order valence-corrected chi connectivity index (χ2v) is 7.37. The predicted octanol–water partition coefficient (Wildman–Crippen LogP) is 3.09. The summed E-state index contributed by atoms with van der Waals surface area (Å²) < 4.78 is 5.45. The third-order valence-electron chi connectivity index (χ3n) is 4.58. The van der Waals surface area contributed by atoms with Crippen molar-refractivity contribution in [3.63, 3.8) is 0 Å². The lowest BCUT2D eigenvalue weighted by molar-refractivity contribution is -0.885. The number of quaternary nitrogens is 1. The fraction of sp³-hybridized carbons (Fsp3) is 0.409. The second-order valence-electron chi connectivity index (χ2n) is 7.37. The van der Waals surface area contributed by atoms with Crippen LogP contribution in [0.15, 0.2) is 36.4 Å². The minimum Gasteiger partial charge on any atom is -0.496 e. The Bertz CT molecular complexity index is 769. The number of carbonyl (C=O) groups is 1. The zero-order valence-corrected chi connectivity index (χ0v) is 16.8. The van der Waals surface area contributed by atoms with E-state index in [-0.39, 0.29) is 5.91 Å². The summed E-state index contributed by atoms with van der Waals surface area (Å²) in [7, 11) is 3.71. The number of ether oxygens (including phenoxy) is 1. The number of para-hydroxylation sites is 1. The molecule has 0 aliphatic heterocycles. The average molecular weight is 356 g/mol.